The number of halogens is 1. The standard InChI is InChI=1S/C20H23FN2O5S/c1-13(2)23-29(26,27)17-10-8-16(9-11-17)22-20(25)14(3)28-19(24)12-15-6-4-5-7-18(15)21/h4-11,13-14,23H,12H2,1-3H3,(H,22,25)/t14-/m1/s1. The second-order valence-corrected chi connectivity index (χ2v) is 8.40. The molecule has 0 unspecified atom stereocenters. The molecular formula is C20H23FN2O5S. The Hall–Kier alpha value is -2.78. The van der Waals surface area contributed by atoms with Gasteiger partial charge < -0.3 is 10.1 Å². The van der Waals surface area contributed by atoms with Gasteiger partial charge in [-0.2, -0.15) is 0 Å². The summed E-state index contributed by atoms with van der Waals surface area (Å²) in [6, 6.07) is 11.1. The maximum Gasteiger partial charge on any atom is 0.311 e. The van der Waals surface area contributed by atoms with Gasteiger partial charge in [0.2, 0.25) is 10.0 Å². The molecule has 0 heterocycles. The van der Waals surface area contributed by atoms with E-state index < -0.39 is 33.8 Å². The topological polar surface area (TPSA) is 102 Å². The zero-order chi connectivity index (χ0) is 21.6. The molecule has 0 aromatic heterocycles. The van der Waals surface area contributed by atoms with Gasteiger partial charge in [-0.25, -0.2) is 17.5 Å². The number of benzene rings is 2. The third-order valence-corrected chi connectivity index (χ3v) is 5.47. The van der Waals surface area contributed by atoms with Gasteiger partial charge >= 0.3 is 5.97 Å². The number of hydrogen-bond donors (Lipinski definition) is 2. The summed E-state index contributed by atoms with van der Waals surface area (Å²) in [6.45, 7) is 4.81. The molecule has 0 aliphatic carbocycles. The molecule has 7 nitrogen and oxygen atoms in total. The molecule has 0 spiro atoms. The number of sulfonamides is 1. The summed E-state index contributed by atoms with van der Waals surface area (Å²) >= 11 is 0. The predicted molar refractivity (Wildman–Crippen MR) is 106 cm³/mol. The lowest BCUT2D eigenvalue weighted by Gasteiger charge is -2.14. The van der Waals surface area contributed by atoms with E-state index in [0.717, 1.165) is 0 Å². The van der Waals surface area contributed by atoms with E-state index in [9.17, 15) is 22.4 Å². The van der Waals surface area contributed by atoms with E-state index in [4.69, 9.17) is 4.74 Å². The van der Waals surface area contributed by atoms with Crippen molar-refractivity contribution < 1.29 is 27.1 Å². The molecule has 2 aromatic rings. The smallest absolute Gasteiger partial charge is 0.311 e. The van der Waals surface area contributed by atoms with Gasteiger partial charge in [0.25, 0.3) is 5.91 Å². The van der Waals surface area contributed by atoms with Crippen LogP contribution in [0.3, 0.4) is 0 Å². The van der Waals surface area contributed by atoms with Gasteiger partial charge in [0.1, 0.15) is 5.82 Å². The van der Waals surface area contributed by atoms with Crippen LogP contribution in [0, 0.1) is 5.82 Å². The molecule has 2 aromatic carbocycles. The van der Waals surface area contributed by atoms with Crippen LogP contribution in [0.15, 0.2) is 53.4 Å². The lowest BCUT2D eigenvalue weighted by atomic mass is 10.1. The van der Waals surface area contributed by atoms with Crippen molar-refractivity contribution in [3.05, 3.63) is 59.9 Å². The fraction of sp³-hybridized carbons (Fsp3) is 0.300. The van der Waals surface area contributed by atoms with Gasteiger partial charge in [-0.05, 0) is 56.7 Å². The molecule has 156 valence electrons. The zero-order valence-corrected chi connectivity index (χ0v) is 17.1. The van der Waals surface area contributed by atoms with Crippen LogP contribution in [-0.4, -0.2) is 32.4 Å². The molecule has 0 bridgehead atoms. The summed E-state index contributed by atoms with van der Waals surface area (Å²) in [5.41, 5.74) is 0.521. The molecule has 2 rings (SSSR count). The van der Waals surface area contributed by atoms with Crippen LogP contribution in [0.25, 0.3) is 0 Å². The second-order valence-electron chi connectivity index (χ2n) is 6.69. The molecule has 29 heavy (non-hydrogen) atoms. The highest BCUT2D eigenvalue weighted by Crippen LogP contribution is 2.15. The highest BCUT2D eigenvalue weighted by Gasteiger charge is 2.20. The molecule has 0 radical (unpaired) electrons. The number of hydrogen-bond acceptors (Lipinski definition) is 5. The highest BCUT2D eigenvalue weighted by molar-refractivity contribution is 7.89. The molecule has 1 atom stereocenters. The predicted octanol–water partition coefficient (Wildman–Crippen LogP) is 2.63. The Morgan fingerprint density at radius 3 is 2.24 bits per heavy atom. The Morgan fingerprint density at radius 1 is 1.03 bits per heavy atom. The molecule has 0 saturated heterocycles. The molecule has 0 saturated carbocycles. The van der Waals surface area contributed by atoms with E-state index in [2.05, 4.69) is 10.0 Å². The maximum absolute atomic E-state index is 13.6. The summed E-state index contributed by atoms with van der Waals surface area (Å²) in [4.78, 5) is 24.2. The zero-order valence-electron chi connectivity index (χ0n) is 16.3. The van der Waals surface area contributed by atoms with Crippen molar-refractivity contribution in [1.29, 1.82) is 0 Å². The maximum atomic E-state index is 13.6. The molecular weight excluding hydrogens is 399 g/mol. The van der Waals surface area contributed by atoms with Crippen molar-refractivity contribution >= 4 is 27.6 Å². The van der Waals surface area contributed by atoms with Crippen molar-refractivity contribution in [2.45, 2.75) is 44.2 Å². The van der Waals surface area contributed by atoms with Gasteiger partial charge in [-0.1, -0.05) is 18.2 Å². The van der Waals surface area contributed by atoms with E-state index in [1.165, 1.54) is 49.4 Å². The van der Waals surface area contributed by atoms with E-state index >= 15 is 0 Å². The van der Waals surface area contributed by atoms with Gasteiger partial charge in [0.15, 0.2) is 6.10 Å². The molecule has 0 aliphatic heterocycles. The largest absolute Gasteiger partial charge is 0.452 e. The summed E-state index contributed by atoms with van der Waals surface area (Å²) in [7, 11) is -3.63. The Kier molecular flexibility index (Phi) is 7.46. The van der Waals surface area contributed by atoms with Crippen molar-refractivity contribution in [1.82, 2.24) is 4.72 Å². The number of ether oxygens (including phenoxy) is 1. The summed E-state index contributed by atoms with van der Waals surface area (Å²) in [5.74, 6) is -1.86. The fourth-order valence-corrected chi connectivity index (χ4v) is 3.68. The van der Waals surface area contributed by atoms with Gasteiger partial charge in [-0.3, -0.25) is 9.59 Å². The third-order valence-electron chi connectivity index (χ3n) is 3.79. The summed E-state index contributed by atoms with van der Waals surface area (Å²) in [6.07, 6.45) is -1.40. The van der Waals surface area contributed by atoms with Crippen LogP contribution in [0.1, 0.15) is 26.3 Å². The van der Waals surface area contributed by atoms with Crippen LogP contribution in [0.2, 0.25) is 0 Å². The first kappa shape index (κ1) is 22.5. The normalized spacial score (nSPS) is 12.4. The van der Waals surface area contributed by atoms with Gasteiger partial charge in [0.05, 0.1) is 11.3 Å². The van der Waals surface area contributed by atoms with Crippen molar-refractivity contribution in [3.8, 4) is 0 Å². The Morgan fingerprint density at radius 2 is 1.66 bits per heavy atom. The number of rotatable bonds is 8. The number of amides is 1. The number of carbonyl (C=O) groups is 2. The number of anilines is 1. The molecule has 0 fully saturated rings. The highest BCUT2D eigenvalue weighted by atomic mass is 32.2. The van der Waals surface area contributed by atoms with Crippen LogP contribution in [0.4, 0.5) is 10.1 Å². The minimum Gasteiger partial charge on any atom is -0.452 e. The van der Waals surface area contributed by atoms with Crippen LogP contribution < -0.4 is 10.0 Å². The molecule has 0 aliphatic rings. The van der Waals surface area contributed by atoms with Crippen molar-refractivity contribution in [3.63, 3.8) is 0 Å². The summed E-state index contributed by atoms with van der Waals surface area (Å²) in [5, 5.41) is 2.54. The molecule has 9 heteroatoms. The quantitative estimate of drug-likeness (QED) is 0.637. The minimum atomic E-state index is -3.63. The van der Waals surface area contributed by atoms with Gasteiger partial charge in [-0.15, -0.1) is 0 Å². The van der Waals surface area contributed by atoms with Crippen molar-refractivity contribution in [2.24, 2.45) is 0 Å². The van der Waals surface area contributed by atoms with Gasteiger partial charge in [0, 0.05) is 11.7 Å². The van der Waals surface area contributed by atoms with E-state index in [1.54, 1.807) is 19.9 Å². The Labute approximate surface area is 169 Å². The lowest BCUT2D eigenvalue weighted by molar-refractivity contribution is -0.152. The van der Waals surface area contributed by atoms with E-state index in [1.807, 2.05) is 0 Å². The summed E-state index contributed by atoms with van der Waals surface area (Å²) < 4.78 is 45.3. The van der Waals surface area contributed by atoms with Crippen molar-refractivity contribution in [2.75, 3.05) is 5.32 Å². The Bertz CT molecular complexity index is 975. The van der Waals surface area contributed by atoms with E-state index in [0.29, 0.717) is 5.69 Å². The Balaban J connectivity index is 1.94. The lowest BCUT2D eigenvalue weighted by Crippen LogP contribution is -2.31. The first-order chi connectivity index (χ1) is 13.6. The average molecular weight is 422 g/mol. The van der Waals surface area contributed by atoms with Crippen LogP contribution in [-0.2, 0) is 30.8 Å². The first-order valence-corrected chi connectivity index (χ1v) is 10.4. The number of esters is 1. The first-order valence-electron chi connectivity index (χ1n) is 8.94. The molecule has 1 amide bonds. The second kappa shape index (κ2) is 9.62. The van der Waals surface area contributed by atoms with Crippen LogP contribution >= 0.6 is 0 Å². The average Bonchev–Trinajstić information content (AvgIpc) is 2.63. The number of nitrogens with one attached hydrogen (secondary N) is 2. The van der Waals surface area contributed by atoms with Crippen LogP contribution in [0.5, 0.6) is 0 Å². The molecule has 2 N–H and O–H groups in total. The third kappa shape index (κ3) is 6.65. The fourth-order valence-electron chi connectivity index (χ4n) is 2.43. The SMILES string of the molecule is CC(C)NS(=O)(=O)c1ccc(NC(=O)[C@@H](C)OC(=O)Cc2ccccc2F)cc1. The minimum absolute atomic E-state index is 0.0635. The number of carbonyl (C=O) groups excluding carboxylic acids is 2. The monoisotopic (exact) mass is 422 g/mol. The van der Waals surface area contributed by atoms with E-state index in [-0.39, 0.29) is 22.9 Å².